The van der Waals surface area contributed by atoms with Gasteiger partial charge in [-0.3, -0.25) is 4.31 Å². The van der Waals surface area contributed by atoms with E-state index in [0.717, 1.165) is 27.6 Å². The zero-order chi connectivity index (χ0) is 17.5. The molecule has 0 aliphatic heterocycles. The molecule has 0 unspecified atom stereocenters. The van der Waals surface area contributed by atoms with E-state index in [0.29, 0.717) is 17.2 Å². The standard InChI is InChI=1S/C17H19F2NO2S/c1-10-8-11(2)13(4)17(12(10)3)23(21,22)20(5)16-7-6-14(18)9-15(16)19/h6-9H,1-5H3. The van der Waals surface area contributed by atoms with Crippen molar-refractivity contribution in [1.29, 1.82) is 0 Å². The molecule has 0 saturated heterocycles. The van der Waals surface area contributed by atoms with E-state index in [1.807, 2.05) is 19.9 Å². The van der Waals surface area contributed by atoms with Gasteiger partial charge in [0.15, 0.2) is 0 Å². The maximum absolute atomic E-state index is 14.0. The van der Waals surface area contributed by atoms with Gasteiger partial charge in [0, 0.05) is 13.1 Å². The summed E-state index contributed by atoms with van der Waals surface area (Å²) in [5.74, 6) is -1.67. The molecule has 0 amide bonds. The van der Waals surface area contributed by atoms with E-state index in [-0.39, 0.29) is 10.6 Å². The summed E-state index contributed by atoms with van der Waals surface area (Å²) in [5.41, 5.74) is 2.76. The average Bonchev–Trinajstić information content (AvgIpc) is 2.44. The van der Waals surface area contributed by atoms with Crippen molar-refractivity contribution >= 4 is 15.7 Å². The van der Waals surface area contributed by atoms with Crippen molar-refractivity contribution in [3.05, 3.63) is 58.2 Å². The fourth-order valence-corrected chi connectivity index (χ4v) is 4.35. The van der Waals surface area contributed by atoms with Gasteiger partial charge in [-0.25, -0.2) is 17.2 Å². The third-order valence-corrected chi connectivity index (χ3v) is 6.21. The average molecular weight is 339 g/mol. The van der Waals surface area contributed by atoms with Crippen LogP contribution in [0.5, 0.6) is 0 Å². The molecule has 0 aliphatic carbocycles. The molecule has 6 heteroatoms. The zero-order valence-electron chi connectivity index (χ0n) is 13.7. The highest BCUT2D eigenvalue weighted by Crippen LogP contribution is 2.31. The molecule has 23 heavy (non-hydrogen) atoms. The number of halogens is 2. The van der Waals surface area contributed by atoms with Crippen LogP contribution in [-0.4, -0.2) is 15.5 Å². The number of nitrogens with zero attached hydrogens (tertiary/aromatic N) is 1. The number of rotatable bonds is 3. The lowest BCUT2D eigenvalue weighted by atomic mass is 10.0. The Bertz CT molecular complexity index is 850. The van der Waals surface area contributed by atoms with Crippen LogP contribution in [0.3, 0.4) is 0 Å². The van der Waals surface area contributed by atoms with E-state index in [4.69, 9.17) is 0 Å². The van der Waals surface area contributed by atoms with Gasteiger partial charge in [-0.05, 0) is 62.1 Å². The fraction of sp³-hybridized carbons (Fsp3) is 0.294. The van der Waals surface area contributed by atoms with Gasteiger partial charge in [0.2, 0.25) is 0 Å². The fourth-order valence-electron chi connectivity index (χ4n) is 2.57. The minimum atomic E-state index is -3.96. The smallest absolute Gasteiger partial charge is 0.264 e. The second kappa shape index (κ2) is 5.92. The van der Waals surface area contributed by atoms with Gasteiger partial charge in [-0.1, -0.05) is 6.07 Å². The van der Waals surface area contributed by atoms with Crippen LogP contribution in [0.25, 0.3) is 0 Å². The summed E-state index contributed by atoms with van der Waals surface area (Å²) in [6, 6.07) is 4.74. The molecule has 0 N–H and O–H groups in total. The maximum Gasteiger partial charge on any atom is 0.264 e. The van der Waals surface area contributed by atoms with Crippen LogP contribution in [0.1, 0.15) is 22.3 Å². The van der Waals surface area contributed by atoms with Gasteiger partial charge in [0.25, 0.3) is 10.0 Å². The number of anilines is 1. The van der Waals surface area contributed by atoms with Crippen molar-refractivity contribution in [1.82, 2.24) is 0 Å². The van der Waals surface area contributed by atoms with Crippen LogP contribution in [0.15, 0.2) is 29.2 Å². The first-order chi connectivity index (χ1) is 10.6. The first-order valence-corrected chi connectivity index (χ1v) is 8.52. The molecule has 0 spiro atoms. The highest BCUT2D eigenvalue weighted by molar-refractivity contribution is 7.92. The molecule has 0 saturated carbocycles. The molecule has 0 aliphatic rings. The molecule has 0 radical (unpaired) electrons. The summed E-state index contributed by atoms with van der Waals surface area (Å²) in [6.45, 7) is 7.12. The van der Waals surface area contributed by atoms with Crippen molar-refractivity contribution in [2.75, 3.05) is 11.4 Å². The SMILES string of the molecule is Cc1cc(C)c(C)c(S(=O)(=O)N(C)c2ccc(F)cc2F)c1C. The molecule has 124 valence electrons. The van der Waals surface area contributed by atoms with Gasteiger partial charge in [0.1, 0.15) is 11.6 Å². The van der Waals surface area contributed by atoms with Crippen LogP contribution in [0.2, 0.25) is 0 Å². The monoisotopic (exact) mass is 339 g/mol. The predicted octanol–water partition coefficient (Wildman–Crippen LogP) is 4.02. The Morgan fingerprint density at radius 2 is 1.43 bits per heavy atom. The van der Waals surface area contributed by atoms with Crippen molar-refractivity contribution < 1.29 is 17.2 Å². The molecule has 2 aromatic rings. The van der Waals surface area contributed by atoms with E-state index in [2.05, 4.69) is 0 Å². The van der Waals surface area contributed by atoms with Crippen LogP contribution >= 0.6 is 0 Å². The van der Waals surface area contributed by atoms with Gasteiger partial charge in [0.05, 0.1) is 10.6 Å². The van der Waals surface area contributed by atoms with E-state index >= 15 is 0 Å². The van der Waals surface area contributed by atoms with Crippen molar-refractivity contribution in [2.24, 2.45) is 0 Å². The molecule has 0 aromatic heterocycles. The lowest BCUT2D eigenvalue weighted by Crippen LogP contribution is -2.29. The molecular formula is C17H19F2NO2S. The summed E-state index contributed by atoms with van der Waals surface area (Å²) in [4.78, 5) is 0.168. The summed E-state index contributed by atoms with van der Waals surface area (Å²) in [6.07, 6.45) is 0. The van der Waals surface area contributed by atoms with E-state index < -0.39 is 21.7 Å². The highest BCUT2D eigenvalue weighted by Gasteiger charge is 2.28. The Morgan fingerprint density at radius 1 is 0.913 bits per heavy atom. The Balaban J connectivity index is 2.68. The Hall–Kier alpha value is -1.95. The van der Waals surface area contributed by atoms with Crippen molar-refractivity contribution in [3.8, 4) is 0 Å². The van der Waals surface area contributed by atoms with Gasteiger partial charge >= 0.3 is 0 Å². The first kappa shape index (κ1) is 17.4. The summed E-state index contributed by atoms with van der Waals surface area (Å²) in [7, 11) is -2.70. The summed E-state index contributed by atoms with van der Waals surface area (Å²) < 4.78 is 53.8. The second-order valence-corrected chi connectivity index (χ2v) is 7.56. The van der Waals surface area contributed by atoms with E-state index in [9.17, 15) is 17.2 Å². The van der Waals surface area contributed by atoms with Gasteiger partial charge < -0.3 is 0 Å². The molecule has 3 nitrogen and oxygen atoms in total. The molecule has 2 rings (SSSR count). The Morgan fingerprint density at radius 3 is 1.91 bits per heavy atom. The lowest BCUT2D eigenvalue weighted by molar-refractivity contribution is 0.576. The van der Waals surface area contributed by atoms with Crippen LogP contribution in [0.4, 0.5) is 14.5 Å². The zero-order valence-corrected chi connectivity index (χ0v) is 14.6. The van der Waals surface area contributed by atoms with Crippen molar-refractivity contribution in [3.63, 3.8) is 0 Å². The number of hydrogen-bond donors (Lipinski definition) is 0. The normalized spacial score (nSPS) is 11.6. The highest BCUT2D eigenvalue weighted by atomic mass is 32.2. The number of benzene rings is 2. The third kappa shape index (κ3) is 2.95. The first-order valence-electron chi connectivity index (χ1n) is 7.08. The second-order valence-electron chi connectivity index (χ2n) is 5.66. The number of sulfonamides is 1. The molecule has 0 bridgehead atoms. The van der Waals surface area contributed by atoms with Crippen LogP contribution < -0.4 is 4.31 Å². The molecule has 0 heterocycles. The van der Waals surface area contributed by atoms with Crippen LogP contribution in [0, 0.1) is 39.3 Å². The lowest BCUT2D eigenvalue weighted by Gasteiger charge is -2.24. The predicted molar refractivity (Wildman–Crippen MR) is 87.3 cm³/mol. The Kier molecular flexibility index (Phi) is 4.48. The van der Waals surface area contributed by atoms with Gasteiger partial charge in [-0.2, -0.15) is 0 Å². The Labute approximate surface area is 135 Å². The third-order valence-electron chi connectivity index (χ3n) is 4.16. The largest absolute Gasteiger partial charge is 0.266 e. The minimum absolute atomic E-state index is 0.168. The quantitative estimate of drug-likeness (QED) is 0.847. The summed E-state index contributed by atoms with van der Waals surface area (Å²) >= 11 is 0. The molecule has 2 aromatic carbocycles. The van der Waals surface area contributed by atoms with E-state index in [1.54, 1.807) is 13.8 Å². The topological polar surface area (TPSA) is 37.4 Å². The molecular weight excluding hydrogens is 320 g/mol. The summed E-state index contributed by atoms with van der Waals surface area (Å²) in [5, 5.41) is 0. The van der Waals surface area contributed by atoms with Gasteiger partial charge in [-0.15, -0.1) is 0 Å². The molecule has 0 atom stereocenters. The minimum Gasteiger partial charge on any atom is -0.266 e. The number of hydrogen-bond acceptors (Lipinski definition) is 2. The maximum atomic E-state index is 14.0. The number of aryl methyl sites for hydroxylation is 2. The van der Waals surface area contributed by atoms with Crippen LogP contribution in [-0.2, 0) is 10.0 Å². The van der Waals surface area contributed by atoms with Crippen molar-refractivity contribution in [2.45, 2.75) is 32.6 Å². The van der Waals surface area contributed by atoms with E-state index in [1.165, 1.54) is 7.05 Å². The molecule has 0 fully saturated rings.